The minimum Gasteiger partial charge on any atom is -0.493 e. The van der Waals surface area contributed by atoms with Gasteiger partial charge in [-0.3, -0.25) is 19.3 Å². The van der Waals surface area contributed by atoms with Gasteiger partial charge in [-0.2, -0.15) is 0 Å². The molecule has 0 saturated carbocycles. The first-order valence-electron chi connectivity index (χ1n) is 14.4. The first-order valence-corrected chi connectivity index (χ1v) is 15.2. The van der Waals surface area contributed by atoms with Crippen LogP contribution in [-0.2, 0) is 29.7 Å². The number of methoxy groups -OCH3 is 1. The summed E-state index contributed by atoms with van der Waals surface area (Å²) >= 11 is 1.38. The number of hydrogen-bond acceptors (Lipinski definition) is 10. The second-order valence-electron chi connectivity index (χ2n) is 10.1. The Bertz CT molecular complexity index is 1630. The molecule has 244 valence electrons. The highest BCUT2D eigenvalue weighted by molar-refractivity contribution is 7.99. The third-order valence-corrected chi connectivity index (χ3v) is 7.85. The lowest BCUT2D eigenvalue weighted by Crippen LogP contribution is -2.31. The highest BCUT2D eigenvalue weighted by atomic mass is 32.2. The van der Waals surface area contributed by atoms with E-state index in [2.05, 4.69) is 25.7 Å². The predicted molar refractivity (Wildman–Crippen MR) is 165 cm³/mol. The van der Waals surface area contributed by atoms with E-state index in [1.165, 1.54) is 31.0 Å². The molecule has 0 fully saturated rings. The summed E-state index contributed by atoms with van der Waals surface area (Å²) in [6, 6.07) is 13.1. The minimum atomic E-state index is -0.500. The van der Waals surface area contributed by atoms with Gasteiger partial charge >= 0.3 is 0 Å². The fourth-order valence-electron chi connectivity index (χ4n) is 4.61. The van der Waals surface area contributed by atoms with Gasteiger partial charge in [-0.15, -0.1) is 10.2 Å². The molecule has 2 aliphatic rings. The van der Waals surface area contributed by atoms with E-state index >= 15 is 0 Å². The molecule has 0 aliphatic carbocycles. The summed E-state index contributed by atoms with van der Waals surface area (Å²) in [7, 11) is 3.34. The largest absolute Gasteiger partial charge is 0.493 e. The van der Waals surface area contributed by atoms with Crippen molar-refractivity contribution in [2.45, 2.75) is 42.6 Å². The molecule has 15 heteroatoms. The Morgan fingerprint density at radius 1 is 1.11 bits per heavy atom. The summed E-state index contributed by atoms with van der Waals surface area (Å²) in [6.45, 7) is 1.99. The monoisotopic (exact) mass is 654 g/mol. The summed E-state index contributed by atoms with van der Waals surface area (Å²) in [5.74, 6) is 0.729. The van der Waals surface area contributed by atoms with Crippen LogP contribution in [-0.4, -0.2) is 69.8 Å². The Balaban J connectivity index is 0.00000154. The van der Waals surface area contributed by atoms with Crippen LogP contribution in [0.3, 0.4) is 0 Å². The predicted octanol–water partition coefficient (Wildman–Crippen LogP) is 4.23. The van der Waals surface area contributed by atoms with Gasteiger partial charge in [-0.1, -0.05) is 6.07 Å². The summed E-state index contributed by atoms with van der Waals surface area (Å²) < 4.78 is 34.1. The number of aryl methyl sites for hydroxylation is 1. The first kappa shape index (κ1) is 34.0. The Hall–Kier alpha value is -4.89. The van der Waals surface area contributed by atoms with Crippen LogP contribution in [0.2, 0.25) is 0 Å². The third-order valence-electron chi connectivity index (χ3n) is 6.88. The van der Waals surface area contributed by atoms with E-state index < -0.39 is 5.82 Å². The molecule has 4 aromatic rings. The standard InChI is InChI=1S/C30H33FN6O5S.CH2O2/c1-36-19-34-35-30(36)43-28-12-10-21(41-28)18-37-14-4-8-27(38)33-17-22-23(31)6-3-7-24(22)42-25-11-9-20(16-26(25)40-2)29(39)32-13-5-15-37;2-1-3/h3,6-7,9-12,16,19H,4-5,8,13-15,17-18H2,1-2H3,(H,32,39)(H,33,38);1H,(H,2,3). The number of rotatable bonds is 5. The molecule has 2 aromatic carbocycles. The Kier molecular flexibility index (Phi) is 12.5. The number of carbonyl (C=O) groups is 3. The van der Waals surface area contributed by atoms with Crippen LogP contribution in [0.25, 0.3) is 0 Å². The molecule has 3 N–H and O–H groups in total. The Morgan fingerprint density at radius 3 is 2.67 bits per heavy atom. The number of carbonyl (C=O) groups excluding carboxylic acids is 2. The molecule has 6 rings (SSSR count). The molecule has 0 unspecified atom stereocenters. The minimum absolute atomic E-state index is 0.0360. The molecule has 2 bridgehead atoms. The number of halogens is 1. The van der Waals surface area contributed by atoms with Gasteiger partial charge in [0.1, 0.15) is 23.7 Å². The van der Waals surface area contributed by atoms with Crippen molar-refractivity contribution in [3.05, 3.63) is 77.6 Å². The summed E-state index contributed by atoms with van der Waals surface area (Å²) in [5, 5.41) is 22.1. The molecule has 0 atom stereocenters. The number of benzene rings is 2. The fourth-order valence-corrected chi connectivity index (χ4v) is 5.35. The number of carboxylic acid groups (broad SMARTS) is 1. The number of furan rings is 1. The van der Waals surface area contributed by atoms with Crippen molar-refractivity contribution in [3.8, 4) is 17.2 Å². The van der Waals surface area contributed by atoms with Crippen LogP contribution in [0.1, 0.15) is 40.9 Å². The maximum atomic E-state index is 14.8. The van der Waals surface area contributed by atoms with Crippen molar-refractivity contribution in [2.24, 2.45) is 7.05 Å². The Morgan fingerprint density at radius 2 is 1.91 bits per heavy atom. The van der Waals surface area contributed by atoms with E-state index in [0.717, 1.165) is 10.9 Å². The van der Waals surface area contributed by atoms with Crippen molar-refractivity contribution in [1.82, 2.24) is 30.3 Å². The van der Waals surface area contributed by atoms with Crippen molar-refractivity contribution >= 4 is 30.0 Å². The highest BCUT2D eigenvalue weighted by Gasteiger charge is 2.18. The van der Waals surface area contributed by atoms with Gasteiger partial charge in [0, 0.05) is 44.2 Å². The lowest BCUT2D eigenvalue weighted by Gasteiger charge is -2.21. The second-order valence-corrected chi connectivity index (χ2v) is 11.1. The van der Waals surface area contributed by atoms with Crippen LogP contribution >= 0.6 is 11.8 Å². The van der Waals surface area contributed by atoms with Gasteiger partial charge < -0.3 is 34.2 Å². The van der Waals surface area contributed by atoms with Crippen molar-refractivity contribution in [2.75, 3.05) is 26.7 Å². The van der Waals surface area contributed by atoms with E-state index in [1.54, 1.807) is 30.6 Å². The van der Waals surface area contributed by atoms with Gasteiger partial charge in [-0.05, 0) is 73.6 Å². The molecular weight excluding hydrogens is 619 g/mol. The van der Waals surface area contributed by atoms with Crippen LogP contribution in [0.4, 0.5) is 4.39 Å². The Labute approximate surface area is 269 Å². The lowest BCUT2D eigenvalue weighted by molar-refractivity contribution is -0.123. The number of amides is 2. The molecule has 2 aliphatic heterocycles. The maximum Gasteiger partial charge on any atom is 0.290 e. The lowest BCUT2D eigenvalue weighted by atomic mass is 10.1. The van der Waals surface area contributed by atoms with E-state index in [-0.39, 0.29) is 42.6 Å². The quantitative estimate of drug-likeness (QED) is 0.264. The van der Waals surface area contributed by atoms with Crippen molar-refractivity contribution in [3.63, 3.8) is 0 Å². The van der Waals surface area contributed by atoms with Gasteiger partial charge in [0.2, 0.25) is 5.91 Å². The zero-order chi connectivity index (χ0) is 32.9. The fraction of sp³-hybridized carbons (Fsp3) is 0.323. The first-order chi connectivity index (χ1) is 22.3. The number of hydrogen-bond donors (Lipinski definition) is 3. The highest BCUT2D eigenvalue weighted by Crippen LogP contribution is 2.35. The second kappa shape index (κ2) is 17.0. The zero-order valence-corrected chi connectivity index (χ0v) is 26.2. The van der Waals surface area contributed by atoms with Gasteiger partial charge in [0.25, 0.3) is 12.4 Å². The molecule has 0 saturated heterocycles. The zero-order valence-electron chi connectivity index (χ0n) is 25.4. The number of nitrogens with zero attached hydrogens (tertiary/aromatic N) is 4. The summed E-state index contributed by atoms with van der Waals surface area (Å²) in [4.78, 5) is 36.2. The van der Waals surface area contributed by atoms with E-state index in [0.29, 0.717) is 61.2 Å². The van der Waals surface area contributed by atoms with Crippen molar-refractivity contribution in [1.29, 1.82) is 0 Å². The average molecular weight is 655 g/mol. The van der Waals surface area contributed by atoms with E-state index in [1.807, 2.05) is 23.7 Å². The molecular formula is C31H35FN6O7S. The van der Waals surface area contributed by atoms with Crippen LogP contribution in [0, 0.1) is 5.82 Å². The molecule has 4 heterocycles. The summed E-state index contributed by atoms with van der Waals surface area (Å²) in [6.07, 6.45) is 3.16. The number of nitrogens with one attached hydrogen (secondary N) is 2. The molecule has 2 amide bonds. The number of ether oxygens (including phenoxy) is 2. The van der Waals surface area contributed by atoms with Gasteiger partial charge in [-0.25, -0.2) is 4.39 Å². The SMILES string of the molecule is COc1cc2ccc1Oc1cccc(F)c1CNC(=O)CCCN(Cc1ccc(Sc3nncn3C)o1)CCCNC2=O.O=CO. The molecule has 13 nitrogen and oxygen atoms in total. The topological polar surface area (TPSA) is 161 Å². The third kappa shape index (κ3) is 9.55. The molecule has 0 spiro atoms. The molecule has 2 aromatic heterocycles. The van der Waals surface area contributed by atoms with E-state index in [4.69, 9.17) is 23.8 Å². The normalized spacial score (nSPS) is 14.7. The smallest absolute Gasteiger partial charge is 0.290 e. The van der Waals surface area contributed by atoms with Gasteiger partial charge in [0.05, 0.1) is 13.7 Å². The van der Waals surface area contributed by atoms with Gasteiger partial charge in [0.15, 0.2) is 21.7 Å². The maximum absolute atomic E-state index is 14.8. The number of aromatic nitrogens is 3. The van der Waals surface area contributed by atoms with Crippen LogP contribution in [0.5, 0.6) is 17.2 Å². The van der Waals surface area contributed by atoms with Crippen LogP contribution in [0.15, 0.2) is 69.5 Å². The number of fused-ring (bicyclic) bond motifs is 13. The van der Waals surface area contributed by atoms with Crippen LogP contribution < -0.4 is 20.1 Å². The molecule has 0 radical (unpaired) electrons. The summed E-state index contributed by atoms with van der Waals surface area (Å²) in [5.41, 5.74) is 0.626. The van der Waals surface area contributed by atoms with E-state index in [9.17, 15) is 14.0 Å². The molecule has 46 heavy (non-hydrogen) atoms. The van der Waals surface area contributed by atoms with Crippen molar-refractivity contribution < 1.29 is 37.8 Å². The average Bonchev–Trinajstić information content (AvgIpc) is 3.66.